The number of pyridine rings is 1. The molecule has 0 bridgehead atoms. The zero-order valence-electron chi connectivity index (χ0n) is 14.5. The Morgan fingerprint density at radius 1 is 1.23 bits per heavy atom. The maximum atomic E-state index is 12.7. The van der Waals surface area contributed by atoms with Crippen molar-refractivity contribution in [2.45, 2.75) is 44.6 Å². The number of carbonyl (C=O) groups excluding carboxylic acids is 2. The molecule has 0 radical (unpaired) electrons. The summed E-state index contributed by atoms with van der Waals surface area (Å²) in [6.45, 7) is 1.99. The first-order chi connectivity index (χ1) is 12.5. The Labute approximate surface area is 156 Å². The minimum absolute atomic E-state index is 0.279. The summed E-state index contributed by atoms with van der Waals surface area (Å²) in [6, 6.07) is 7.27. The molecule has 1 aliphatic carbocycles. The van der Waals surface area contributed by atoms with Gasteiger partial charge in [-0.25, -0.2) is 9.78 Å². The number of aryl methyl sites for hydroxylation is 1. The Kier molecular flexibility index (Phi) is 4.15. The van der Waals surface area contributed by atoms with Crippen LogP contribution in [0.1, 0.15) is 43.2 Å². The van der Waals surface area contributed by atoms with E-state index in [-0.39, 0.29) is 11.1 Å². The number of benzene rings is 1. The Morgan fingerprint density at radius 3 is 2.77 bits per heavy atom. The highest BCUT2D eigenvalue weighted by Crippen LogP contribution is 2.33. The van der Waals surface area contributed by atoms with Crippen LogP contribution in [0.2, 0.25) is 5.15 Å². The largest absolute Gasteiger partial charge is 0.346 e. The minimum atomic E-state index is -0.782. The van der Waals surface area contributed by atoms with Crippen molar-refractivity contribution in [1.82, 2.24) is 15.3 Å². The van der Waals surface area contributed by atoms with Crippen LogP contribution in [0.25, 0.3) is 10.9 Å². The monoisotopic (exact) mass is 370 g/mol. The van der Waals surface area contributed by atoms with Gasteiger partial charge in [0.05, 0.1) is 11.7 Å². The summed E-state index contributed by atoms with van der Waals surface area (Å²) in [4.78, 5) is 29.3. The standard InChI is InChI=1S/C19H19ClN4O2/c1-12-5-6-13-10-14(16(20)22-15(13)9-12)11-21-24-17(25)19(23-18(24)26)7-3-2-4-8-19/h5-6,9-11H,2-4,7-8H2,1H3,(H,23,26)/b21-11-. The van der Waals surface area contributed by atoms with E-state index in [0.717, 1.165) is 40.7 Å². The van der Waals surface area contributed by atoms with E-state index >= 15 is 0 Å². The van der Waals surface area contributed by atoms with E-state index in [1.165, 1.54) is 6.21 Å². The van der Waals surface area contributed by atoms with Crippen LogP contribution in [0.3, 0.4) is 0 Å². The third kappa shape index (κ3) is 2.84. The van der Waals surface area contributed by atoms with Crippen LogP contribution >= 0.6 is 11.6 Å². The zero-order valence-corrected chi connectivity index (χ0v) is 15.2. The van der Waals surface area contributed by atoms with Gasteiger partial charge in [-0.3, -0.25) is 4.79 Å². The third-order valence-corrected chi connectivity index (χ3v) is 5.42. The van der Waals surface area contributed by atoms with Crippen LogP contribution in [0.4, 0.5) is 4.79 Å². The second-order valence-electron chi connectivity index (χ2n) is 7.00. The van der Waals surface area contributed by atoms with Crippen LogP contribution in [-0.2, 0) is 4.79 Å². The number of nitrogens with one attached hydrogen (secondary N) is 1. The lowest BCUT2D eigenvalue weighted by Crippen LogP contribution is -2.48. The molecular weight excluding hydrogens is 352 g/mol. The van der Waals surface area contributed by atoms with Crippen LogP contribution in [0.15, 0.2) is 29.4 Å². The molecule has 4 rings (SSSR count). The van der Waals surface area contributed by atoms with Crippen molar-refractivity contribution < 1.29 is 9.59 Å². The van der Waals surface area contributed by atoms with Crippen LogP contribution < -0.4 is 5.32 Å². The van der Waals surface area contributed by atoms with E-state index in [9.17, 15) is 9.59 Å². The van der Waals surface area contributed by atoms with Crippen molar-refractivity contribution in [2.75, 3.05) is 0 Å². The molecule has 2 aliphatic rings. The molecule has 1 saturated carbocycles. The number of hydrogen-bond acceptors (Lipinski definition) is 4. The van der Waals surface area contributed by atoms with E-state index in [1.54, 1.807) is 0 Å². The molecule has 1 saturated heterocycles. The van der Waals surface area contributed by atoms with Gasteiger partial charge in [-0.15, -0.1) is 5.01 Å². The molecule has 1 aromatic carbocycles. The van der Waals surface area contributed by atoms with Crippen molar-refractivity contribution in [3.8, 4) is 0 Å². The number of halogens is 1. The number of rotatable bonds is 2. The average Bonchev–Trinajstić information content (AvgIpc) is 2.84. The topological polar surface area (TPSA) is 74.7 Å². The molecular formula is C19H19ClN4O2. The molecule has 26 heavy (non-hydrogen) atoms. The maximum Gasteiger partial charge on any atom is 0.346 e. The molecule has 7 heteroatoms. The minimum Gasteiger partial charge on any atom is -0.321 e. The fraction of sp³-hybridized carbons (Fsp3) is 0.368. The highest BCUT2D eigenvalue weighted by molar-refractivity contribution is 6.32. The number of amides is 3. The van der Waals surface area contributed by atoms with Gasteiger partial charge in [-0.05, 0) is 37.5 Å². The van der Waals surface area contributed by atoms with Gasteiger partial charge >= 0.3 is 6.03 Å². The quantitative estimate of drug-likeness (QED) is 0.496. The van der Waals surface area contributed by atoms with Crippen LogP contribution in [0, 0.1) is 6.92 Å². The smallest absolute Gasteiger partial charge is 0.321 e. The number of nitrogens with zero attached hydrogens (tertiary/aromatic N) is 3. The number of imide groups is 1. The van der Waals surface area contributed by atoms with E-state index in [0.29, 0.717) is 18.4 Å². The highest BCUT2D eigenvalue weighted by Gasteiger charge is 2.51. The number of fused-ring (bicyclic) bond motifs is 1. The lowest BCUT2D eigenvalue weighted by molar-refractivity contribution is -0.132. The average molecular weight is 371 g/mol. The van der Waals surface area contributed by atoms with Gasteiger partial charge in [0.2, 0.25) is 0 Å². The second kappa shape index (κ2) is 6.36. The maximum absolute atomic E-state index is 12.7. The van der Waals surface area contributed by atoms with Gasteiger partial charge < -0.3 is 5.32 Å². The molecule has 1 N–H and O–H groups in total. The summed E-state index contributed by atoms with van der Waals surface area (Å²) < 4.78 is 0. The zero-order chi connectivity index (χ0) is 18.3. The summed E-state index contributed by atoms with van der Waals surface area (Å²) in [6.07, 6.45) is 5.72. The number of aromatic nitrogens is 1. The van der Waals surface area contributed by atoms with Gasteiger partial charge in [0.25, 0.3) is 5.91 Å². The van der Waals surface area contributed by atoms with E-state index in [1.807, 2.05) is 31.2 Å². The summed E-state index contributed by atoms with van der Waals surface area (Å²) in [5.74, 6) is -0.279. The van der Waals surface area contributed by atoms with Gasteiger partial charge in [-0.2, -0.15) is 5.10 Å². The molecule has 134 valence electrons. The van der Waals surface area contributed by atoms with Gasteiger partial charge in [0.1, 0.15) is 10.7 Å². The molecule has 6 nitrogen and oxygen atoms in total. The Hall–Kier alpha value is -2.47. The van der Waals surface area contributed by atoms with Crippen molar-refractivity contribution >= 4 is 40.7 Å². The molecule has 2 aromatic rings. The van der Waals surface area contributed by atoms with E-state index < -0.39 is 11.6 Å². The number of urea groups is 1. The van der Waals surface area contributed by atoms with Gasteiger partial charge in [0, 0.05) is 10.9 Å². The Bertz CT molecular complexity index is 935. The lowest BCUT2D eigenvalue weighted by Gasteiger charge is -2.29. The van der Waals surface area contributed by atoms with E-state index in [4.69, 9.17) is 11.6 Å². The lowest BCUT2D eigenvalue weighted by atomic mass is 9.82. The molecule has 1 aromatic heterocycles. The summed E-state index contributed by atoms with van der Waals surface area (Å²) in [5.41, 5.74) is 1.67. The van der Waals surface area contributed by atoms with Crippen molar-refractivity contribution in [2.24, 2.45) is 5.10 Å². The first kappa shape index (κ1) is 17.0. The van der Waals surface area contributed by atoms with Crippen molar-refractivity contribution in [3.05, 3.63) is 40.5 Å². The first-order valence-corrected chi connectivity index (χ1v) is 9.14. The normalized spacial score (nSPS) is 19.7. The van der Waals surface area contributed by atoms with Gasteiger partial charge in [0.15, 0.2) is 0 Å². The first-order valence-electron chi connectivity index (χ1n) is 8.76. The predicted octanol–water partition coefficient (Wildman–Crippen LogP) is 3.79. The van der Waals surface area contributed by atoms with Gasteiger partial charge in [-0.1, -0.05) is 43.0 Å². The van der Waals surface area contributed by atoms with Crippen molar-refractivity contribution in [3.63, 3.8) is 0 Å². The molecule has 2 heterocycles. The fourth-order valence-corrected chi connectivity index (χ4v) is 3.88. The number of hydrazone groups is 1. The summed E-state index contributed by atoms with van der Waals surface area (Å²) in [7, 11) is 0. The molecule has 1 spiro atoms. The molecule has 1 aliphatic heterocycles. The van der Waals surface area contributed by atoms with Crippen LogP contribution in [0.5, 0.6) is 0 Å². The molecule has 0 unspecified atom stereocenters. The Balaban J connectivity index is 1.62. The second-order valence-corrected chi connectivity index (χ2v) is 7.36. The summed E-state index contributed by atoms with van der Waals surface area (Å²) >= 11 is 6.25. The Morgan fingerprint density at radius 2 is 2.00 bits per heavy atom. The third-order valence-electron chi connectivity index (χ3n) is 5.11. The highest BCUT2D eigenvalue weighted by atomic mass is 35.5. The fourth-order valence-electron chi connectivity index (χ4n) is 3.69. The number of carbonyl (C=O) groups is 2. The molecule has 3 amide bonds. The summed E-state index contributed by atoms with van der Waals surface area (Å²) in [5, 5.41) is 9.06. The van der Waals surface area contributed by atoms with Crippen LogP contribution in [-0.4, -0.2) is 33.7 Å². The predicted molar refractivity (Wildman–Crippen MR) is 100 cm³/mol. The van der Waals surface area contributed by atoms with E-state index in [2.05, 4.69) is 15.4 Å². The SMILES string of the molecule is Cc1ccc2cc(/C=N\N3C(=O)NC4(CCCCC4)C3=O)c(Cl)nc2c1. The van der Waals surface area contributed by atoms with Crippen molar-refractivity contribution in [1.29, 1.82) is 0 Å². The molecule has 2 fully saturated rings. The number of hydrogen-bond donors (Lipinski definition) is 1. The molecule has 0 atom stereocenters.